The number of hydrogen-bond acceptors (Lipinski definition) is 3. The summed E-state index contributed by atoms with van der Waals surface area (Å²) >= 11 is 0. The Morgan fingerprint density at radius 1 is 0.594 bits per heavy atom. The third-order valence-corrected chi connectivity index (χ3v) is 6.02. The molecule has 3 heteroatoms. The molecule has 0 rings (SSSR count). The predicted octanol–water partition coefficient (Wildman–Crippen LogP) is 10.2. The number of carbonyl (C=O) groups is 1. The van der Waals surface area contributed by atoms with Crippen LogP contribution in [0, 0.1) is 5.92 Å². The second-order valence-electron chi connectivity index (χ2n) is 9.84. The molecule has 0 aromatic heterocycles. The second-order valence-corrected chi connectivity index (χ2v) is 9.84. The van der Waals surface area contributed by atoms with Crippen molar-refractivity contribution in [2.75, 3.05) is 13.2 Å². The molecule has 0 heterocycles. The molecule has 0 saturated heterocycles. The summed E-state index contributed by atoms with van der Waals surface area (Å²) in [5.74, 6) is 0.849. The number of hydrogen-bond donors (Lipinski definition) is 0. The molecule has 190 valence electrons. The van der Waals surface area contributed by atoms with E-state index < -0.39 is 6.16 Å². The maximum absolute atomic E-state index is 11.6. The third-order valence-electron chi connectivity index (χ3n) is 6.02. The first kappa shape index (κ1) is 31.0. The molecule has 0 N–H and O–H groups in total. The summed E-state index contributed by atoms with van der Waals surface area (Å²) < 4.78 is 10.3. The van der Waals surface area contributed by atoms with Crippen molar-refractivity contribution in [2.45, 2.75) is 149 Å². The van der Waals surface area contributed by atoms with Crippen molar-refractivity contribution in [3.8, 4) is 0 Å². The van der Waals surface area contributed by atoms with Crippen LogP contribution in [-0.2, 0) is 9.47 Å². The first-order valence-electron chi connectivity index (χ1n) is 14.1. The van der Waals surface area contributed by atoms with Gasteiger partial charge in [-0.3, -0.25) is 0 Å². The van der Waals surface area contributed by atoms with Crippen LogP contribution < -0.4 is 0 Å². The van der Waals surface area contributed by atoms with Gasteiger partial charge in [0.25, 0.3) is 0 Å². The third kappa shape index (κ3) is 27.0. The molecule has 0 saturated carbocycles. The summed E-state index contributed by atoms with van der Waals surface area (Å²) in [4.78, 5) is 11.6. The van der Waals surface area contributed by atoms with E-state index >= 15 is 0 Å². The molecule has 0 fully saturated rings. The summed E-state index contributed by atoms with van der Waals surface area (Å²) in [7, 11) is 0. The van der Waals surface area contributed by atoms with Crippen LogP contribution in [0.3, 0.4) is 0 Å². The van der Waals surface area contributed by atoms with E-state index in [0.29, 0.717) is 13.2 Å². The fourth-order valence-electron chi connectivity index (χ4n) is 3.87. The molecule has 0 aliphatic heterocycles. The van der Waals surface area contributed by atoms with Crippen LogP contribution in [0.15, 0.2) is 12.2 Å². The van der Waals surface area contributed by atoms with Gasteiger partial charge in [-0.15, -0.1) is 0 Å². The van der Waals surface area contributed by atoms with Crippen molar-refractivity contribution in [1.82, 2.24) is 0 Å². The standard InChI is InChI=1S/C29H56O3/c1-4-5-6-7-8-9-10-11-14-17-20-23-26-31-29(30)32-27-24-21-18-15-12-13-16-19-22-25-28(2)3/h7-8,28H,4-6,9-27H2,1-3H3. The topological polar surface area (TPSA) is 35.5 Å². The lowest BCUT2D eigenvalue weighted by atomic mass is 10.0. The Hall–Kier alpha value is -0.990. The van der Waals surface area contributed by atoms with E-state index in [2.05, 4.69) is 32.9 Å². The molecule has 3 nitrogen and oxygen atoms in total. The average Bonchev–Trinajstić information content (AvgIpc) is 2.77. The Bertz CT molecular complexity index is 403. The van der Waals surface area contributed by atoms with Gasteiger partial charge in [-0.2, -0.15) is 0 Å². The Kier molecular flexibility index (Phi) is 25.5. The van der Waals surface area contributed by atoms with Gasteiger partial charge in [0.05, 0.1) is 13.2 Å². The predicted molar refractivity (Wildman–Crippen MR) is 139 cm³/mol. The summed E-state index contributed by atoms with van der Waals surface area (Å²) in [6.45, 7) is 7.85. The lowest BCUT2D eigenvalue weighted by molar-refractivity contribution is 0.0529. The Labute approximate surface area is 201 Å². The maximum Gasteiger partial charge on any atom is 0.508 e. The maximum atomic E-state index is 11.6. The Morgan fingerprint density at radius 3 is 1.47 bits per heavy atom. The SMILES string of the molecule is CCCCC=CCCCCCCCCOC(=O)OCCCCCCCCCCCC(C)C. The largest absolute Gasteiger partial charge is 0.508 e. The quantitative estimate of drug-likeness (QED) is 0.0829. The molecule has 0 spiro atoms. The van der Waals surface area contributed by atoms with E-state index in [1.165, 1.54) is 103 Å². The fourth-order valence-corrected chi connectivity index (χ4v) is 3.87. The van der Waals surface area contributed by atoms with Gasteiger partial charge in [-0.05, 0) is 38.0 Å². The van der Waals surface area contributed by atoms with Crippen molar-refractivity contribution >= 4 is 6.16 Å². The number of carbonyl (C=O) groups excluding carboxylic acids is 1. The Balaban J connectivity index is 3.19. The molecule has 0 aromatic carbocycles. The van der Waals surface area contributed by atoms with Crippen molar-refractivity contribution in [2.24, 2.45) is 5.92 Å². The smallest absolute Gasteiger partial charge is 0.434 e. The lowest BCUT2D eigenvalue weighted by Gasteiger charge is -2.07. The molecule has 0 amide bonds. The monoisotopic (exact) mass is 452 g/mol. The molecular weight excluding hydrogens is 396 g/mol. The number of rotatable bonds is 24. The zero-order chi connectivity index (χ0) is 23.5. The minimum absolute atomic E-state index is 0.485. The first-order valence-corrected chi connectivity index (χ1v) is 14.1. The molecule has 0 aromatic rings. The molecule has 0 atom stereocenters. The van der Waals surface area contributed by atoms with Gasteiger partial charge in [0.15, 0.2) is 0 Å². The van der Waals surface area contributed by atoms with Crippen LogP contribution in [0.4, 0.5) is 4.79 Å². The van der Waals surface area contributed by atoms with Gasteiger partial charge in [-0.1, -0.05) is 129 Å². The normalized spacial score (nSPS) is 11.5. The number of unbranched alkanes of at least 4 members (excludes halogenated alkanes) is 16. The minimum Gasteiger partial charge on any atom is -0.434 e. The summed E-state index contributed by atoms with van der Waals surface area (Å²) in [6.07, 6.45) is 29.4. The van der Waals surface area contributed by atoms with E-state index in [1.807, 2.05) is 0 Å². The summed E-state index contributed by atoms with van der Waals surface area (Å²) in [6, 6.07) is 0. The number of ether oxygens (including phenoxy) is 2. The van der Waals surface area contributed by atoms with Crippen LogP contribution in [0.1, 0.15) is 149 Å². The summed E-state index contributed by atoms with van der Waals surface area (Å²) in [5, 5.41) is 0. The van der Waals surface area contributed by atoms with E-state index in [-0.39, 0.29) is 0 Å². The molecule has 0 unspecified atom stereocenters. The van der Waals surface area contributed by atoms with Gasteiger partial charge in [0.2, 0.25) is 0 Å². The van der Waals surface area contributed by atoms with Crippen molar-refractivity contribution in [3.05, 3.63) is 12.2 Å². The van der Waals surface area contributed by atoms with Gasteiger partial charge >= 0.3 is 6.16 Å². The van der Waals surface area contributed by atoms with Crippen LogP contribution in [0.5, 0.6) is 0 Å². The first-order chi connectivity index (χ1) is 15.7. The van der Waals surface area contributed by atoms with E-state index in [1.54, 1.807) is 0 Å². The van der Waals surface area contributed by atoms with E-state index in [4.69, 9.17) is 9.47 Å². The molecule has 0 aliphatic rings. The highest BCUT2D eigenvalue weighted by molar-refractivity contribution is 5.59. The molecule has 32 heavy (non-hydrogen) atoms. The van der Waals surface area contributed by atoms with Crippen molar-refractivity contribution < 1.29 is 14.3 Å². The van der Waals surface area contributed by atoms with Gasteiger partial charge in [0, 0.05) is 0 Å². The highest BCUT2D eigenvalue weighted by Crippen LogP contribution is 2.13. The molecule has 0 radical (unpaired) electrons. The van der Waals surface area contributed by atoms with Crippen LogP contribution in [-0.4, -0.2) is 19.4 Å². The zero-order valence-corrected chi connectivity index (χ0v) is 22.0. The van der Waals surface area contributed by atoms with Crippen molar-refractivity contribution in [3.63, 3.8) is 0 Å². The Morgan fingerprint density at radius 2 is 1.00 bits per heavy atom. The summed E-state index contributed by atoms with van der Waals surface area (Å²) in [5.41, 5.74) is 0. The van der Waals surface area contributed by atoms with Crippen molar-refractivity contribution in [1.29, 1.82) is 0 Å². The average molecular weight is 453 g/mol. The van der Waals surface area contributed by atoms with Gasteiger partial charge in [0.1, 0.15) is 0 Å². The van der Waals surface area contributed by atoms with E-state index in [9.17, 15) is 4.79 Å². The zero-order valence-electron chi connectivity index (χ0n) is 22.0. The molecule has 0 aliphatic carbocycles. The van der Waals surface area contributed by atoms with Gasteiger partial charge in [-0.25, -0.2) is 4.79 Å². The minimum atomic E-state index is -0.485. The molecular formula is C29H56O3. The van der Waals surface area contributed by atoms with Gasteiger partial charge < -0.3 is 9.47 Å². The van der Waals surface area contributed by atoms with Crippen LogP contribution in [0.25, 0.3) is 0 Å². The van der Waals surface area contributed by atoms with E-state index in [0.717, 1.165) is 31.6 Å². The van der Waals surface area contributed by atoms with Crippen LogP contribution in [0.2, 0.25) is 0 Å². The van der Waals surface area contributed by atoms with Crippen LogP contribution >= 0.6 is 0 Å². The fraction of sp³-hybridized carbons (Fsp3) is 0.897. The highest BCUT2D eigenvalue weighted by Gasteiger charge is 2.03. The lowest BCUT2D eigenvalue weighted by Crippen LogP contribution is -2.09. The number of allylic oxidation sites excluding steroid dienone is 2. The second kappa shape index (κ2) is 26.3. The molecule has 0 bridgehead atoms. The highest BCUT2D eigenvalue weighted by atomic mass is 16.7.